The van der Waals surface area contributed by atoms with Crippen molar-refractivity contribution in [1.29, 1.82) is 0 Å². The highest BCUT2D eigenvalue weighted by atomic mass is 16.3. The molecule has 1 N–H and O–H groups in total. The van der Waals surface area contributed by atoms with Crippen molar-refractivity contribution in [3.8, 4) is 0 Å². The van der Waals surface area contributed by atoms with Crippen LogP contribution in [0.1, 0.15) is 19.3 Å². The van der Waals surface area contributed by atoms with Gasteiger partial charge in [0.05, 0.1) is 5.92 Å². The average molecular weight is 231 g/mol. The molecule has 1 saturated carbocycles. The van der Waals surface area contributed by atoms with E-state index in [-0.39, 0.29) is 17.7 Å². The number of aliphatic hydroxyl groups is 1. The molecule has 2 bridgehead atoms. The van der Waals surface area contributed by atoms with Crippen molar-refractivity contribution in [3.05, 3.63) is 24.3 Å². The Morgan fingerprint density at radius 2 is 2.12 bits per heavy atom. The SMILES string of the molecule is O=C1[C@@H]2[C@@H]([C@@H]3C=C[C@H]2C3)[C@]2(O)CC=CCCN12. The van der Waals surface area contributed by atoms with Crippen LogP contribution in [0.25, 0.3) is 0 Å². The minimum Gasteiger partial charge on any atom is -0.370 e. The van der Waals surface area contributed by atoms with Gasteiger partial charge in [-0.1, -0.05) is 24.3 Å². The van der Waals surface area contributed by atoms with Crippen molar-refractivity contribution in [2.24, 2.45) is 23.7 Å². The molecule has 2 heterocycles. The molecule has 4 rings (SSSR count). The second-order valence-corrected chi connectivity index (χ2v) is 5.83. The van der Waals surface area contributed by atoms with Gasteiger partial charge >= 0.3 is 0 Å². The van der Waals surface area contributed by atoms with Crippen LogP contribution in [0.5, 0.6) is 0 Å². The number of hydrogen-bond donors (Lipinski definition) is 1. The van der Waals surface area contributed by atoms with Crippen molar-refractivity contribution in [3.63, 3.8) is 0 Å². The molecule has 3 nitrogen and oxygen atoms in total. The zero-order valence-electron chi connectivity index (χ0n) is 9.75. The van der Waals surface area contributed by atoms with Crippen molar-refractivity contribution in [1.82, 2.24) is 4.90 Å². The average Bonchev–Trinajstić information content (AvgIpc) is 2.92. The minimum absolute atomic E-state index is 0.0569. The summed E-state index contributed by atoms with van der Waals surface area (Å²) in [6, 6.07) is 0. The number of allylic oxidation sites excluding steroid dienone is 2. The lowest BCUT2D eigenvalue weighted by Crippen LogP contribution is -2.49. The monoisotopic (exact) mass is 231 g/mol. The summed E-state index contributed by atoms with van der Waals surface area (Å²) in [5.41, 5.74) is -0.904. The number of carbonyl (C=O) groups excluding carboxylic acids is 1. The maximum Gasteiger partial charge on any atom is 0.229 e. The fourth-order valence-corrected chi connectivity index (χ4v) is 4.47. The maximum absolute atomic E-state index is 12.5. The van der Waals surface area contributed by atoms with E-state index in [0.29, 0.717) is 24.8 Å². The van der Waals surface area contributed by atoms with Crippen molar-refractivity contribution in [2.75, 3.05) is 6.54 Å². The summed E-state index contributed by atoms with van der Waals surface area (Å²) in [7, 11) is 0. The number of nitrogens with zero attached hydrogens (tertiary/aromatic N) is 1. The quantitative estimate of drug-likeness (QED) is 0.638. The molecule has 0 spiro atoms. The van der Waals surface area contributed by atoms with Crippen LogP contribution < -0.4 is 0 Å². The van der Waals surface area contributed by atoms with E-state index < -0.39 is 5.72 Å². The Hall–Kier alpha value is -1.09. The van der Waals surface area contributed by atoms with Crippen LogP contribution in [0.2, 0.25) is 0 Å². The third-order valence-electron chi connectivity index (χ3n) is 5.12. The Bertz CT molecular complexity index is 442. The molecule has 0 radical (unpaired) electrons. The van der Waals surface area contributed by atoms with Crippen LogP contribution >= 0.6 is 0 Å². The van der Waals surface area contributed by atoms with E-state index in [1.54, 1.807) is 4.90 Å². The Balaban J connectivity index is 1.82. The van der Waals surface area contributed by atoms with Gasteiger partial charge in [-0.2, -0.15) is 0 Å². The van der Waals surface area contributed by atoms with E-state index in [9.17, 15) is 9.90 Å². The van der Waals surface area contributed by atoms with Gasteiger partial charge < -0.3 is 10.0 Å². The molecule has 17 heavy (non-hydrogen) atoms. The maximum atomic E-state index is 12.5. The van der Waals surface area contributed by atoms with Gasteiger partial charge in [0.2, 0.25) is 5.91 Å². The highest BCUT2D eigenvalue weighted by Gasteiger charge is 2.65. The molecule has 2 fully saturated rings. The van der Waals surface area contributed by atoms with E-state index >= 15 is 0 Å². The molecule has 0 aromatic carbocycles. The first-order chi connectivity index (χ1) is 8.22. The van der Waals surface area contributed by atoms with Gasteiger partial charge in [-0.3, -0.25) is 4.79 Å². The molecule has 4 aliphatic rings. The predicted octanol–water partition coefficient (Wildman–Crippen LogP) is 1.31. The van der Waals surface area contributed by atoms with E-state index in [4.69, 9.17) is 0 Å². The van der Waals surface area contributed by atoms with Gasteiger partial charge in [0, 0.05) is 18.9 Å². The van der Waals surface area contributed by atoms with Gasteiger partial charge in [-0.25, -0.2) is 0 Å². The molecule has 0 aromatic heterocycles. The van der Waals surface area contributed by atoms with E-state index in [0.717, 1.165) is 12.8 Å². The fourth-order valence-electron chi connectivity index (χ4n) is 4.47. The first-order valence-corrected chi connectivity index (χ1v) is 6.59. The molecule has 3 heteroatoms. The molecule has 5 atom stereocenters. The summed E-state index contributed by atoms with van der Waals surface area (Å²) in [5, 5.41) is 11.0. The third kappa shape index (κ3) is 1.04. The summed E-state index contributed by atoms with van der Waals surface area (Å²) >= 11 is 0. The number of rotatable bonds is 0. The minimum atomic E-state index is -0.904. The van der Waals surface area contributed by atoms with Gasteiger partial charge in [0.1, 0.15) is 5.72 Å². The number of amides is 1. The summed E-state index contributed by atoms with van der Waals surface area (Å²) < 4.78 is 0. The molecule has 1 saturated heterocycles. The zero-order valence-corrected chi connectivity index (χ0v) is 9.75. The van der Waals surface area contributed by atoms with E-state index in [1.807, 2.05) is 6.08 Å². The molecule has 2 aliphatic carbocycles. The van der Waals surface area contributed by atoms with Gasteiger partial charge in [0.15, 0.2) is 0 Å². The van der Waals surface area contributed by atoms with Gasteiger partial charge in [-0.15, -0.1) is 0 Å². The highest BCUT2D eigenvalue weighted by molar-refractivity contribution is 5.84. The third-order valence-corrected chi connectivity index (χ3v) is 5.12. The van der Waals surface area contributed by atoms with Gasteiger partial charge in [-0.05, 0) is 24.7 Å². The van der Waals surface area contributed by atoms with Crippen molar-refractivity contribution < 1.29 is 9.90 Å². The lowest BCUT2D eigenvalue weighted by atomic mass is 9.78. The second-order valence-electron chi connectivity index (χ2n) is 5.83. The lowest BCUT2D eigenvalue weighted by molar-refractivity contribution is -0.151. The first-order valence-electron chi connectivity index (χ1n) is 6.59. The molecule has 0 unspecified atom stereocenters. The molecular formula is C14H17NO2. The Morgan fingerprint density at radius 3 is 3.00 bits per heavy atom. The number of fused-ring (bicyclic) bond motifs is 7. The molecular weight excluding hydrogens is 214 g/mol. The van der Waals surface area contributed by atoms with Crippen LogP contribution in [-0.2, 0) is 4.79 Å². The predicted molar refractivity (Wildman–Crippen MR) is 62.8 cm³/mol. The topological polar surface area (TPSA) is 40.5 Å². The van der Waals surface area contributed by atoms with Crippen LogP contribution in [0.3, 0.4) is 0 Å². The molecule has 2 aliphatic heterocycles. The Morgan fingerprint density at radius 1 is 1.29 bits per heavy atom. The van der Waals surface area contributed by atoms with Crippen LogP contribution in [0, 0.1) is 23.7 Å². The summed E-state index contributed by atoms with van der Waals surface area (Å²) in [6.45, 7) is 0.679. The fraction of sp³-hybridized carbons (Fsp3) is 0.643. The number of carbonyl (C=O) groups is 1. The smallest absolute Gasteiger partial charge is 0.229 e. The molecule has 0 aromatic rings. The second kappa shape index (κ2) is 3.02. The standard InChI is InChI=1S/C14H17NO2/c16-13-11-9-4-5-10(8-9)12(11)14(17)6-2-1-3-7-15(13)14/h1-2,4-5,9-12,17H,3,6-8H2/t9-,10+,11-,12+,14+/m0/s1. The first kappa shape index (κ1) is 9.89. The molecule has 90 valence electrons. The van der Waals surface area contributed by atoms with Crippen LogP contribution in [0.15, 0.2) is 24.3 Å². The zero-order chi connectivity index (χ0) is 11.6. The largest absolute Gasteiger partial charge is 0.370 e. The van der Waals surface area contributed by atoms with Crippen molar-refractivity contribution in [2.45, 2.75) is 25.0 Å². The lowest BCUT2D eigenvalue weighted by Gasteiger charge is -2.37. The van der Waals surface area contributed by atoms with Crippen molar-refractivity contribution >= 4 is 5.91 Å². The van der Waals surface area contributed by atoms with E-state index in [2.05, 4.69) is 18.2 Å². The van der Waals surface area contributed by atoms with Gasteiger partial charge in [0.25, 0.3) is 0 Å². The van der Waals surface area contributed by atoms with E-state index in [1.165, 1.54) is 0 Å². The Labute approximate surface area is 101 Å². The summed E-state index contributed by atoms with van der Waals surface area (Å²) in [4.78, 5) is 14.2. The number of hydrogen-bond acceptors (Lipinski definition) is 2. The highest BCUT2D eigenvalue weighted by Crippen LogP contribution is 2.58. The summed E-state index contributed by atoms with van der Waals surface area (Å²) in [6.07, 6.45) is 11.1. The van der Waals surface area contributed by atoms with Crippen LogP contribution in [0.4, 0.5) is 0 Å². The van der Waals surface area contributed by atoms with Crippen LogP contribution in [-0.4, -0.2) is 28.2 Å². The normalized spacial score (nSPS) is 50.6. The molecule has 1 amide bonds. The Kier molecular flexibility index (Phi) is 1.76. The summed E-state index contributed by atoms with van der Waals surface area (Å²) in [5.74, 6) is 1.18.